The molecule has 0 aromatic carbocycles. The first kappa shape index (κ1) is 78.0. The first-order valence-electron chi connectivity index (χ1n) is 34.0. The molecule has 0 heterocycles. The molecular formula is C77H124O6. The summed E-state index contributed by atoms with van der Waals surface area (Å²) in [5.74, 6) is -0.922. The standard InChI is InChI=1S/C77H124O6/c1-4-7-10-13-16-19-22-25-28-30-32-34-36-38-40-42-44-46-49-52-55-58-61-64-67-70-76(79)82-73-74(72-81-75(78)69-66-63-60-57-54-51-48-27-24-21-18-15-12-9-6-3)83-77(80)71-68-65-62-59-56-53-50-47-45-43-41-39-37-35-33-31-29-26-23-20-17-14-11-8-5-2/h7-12,16-21,25-29,32-35,38-41,48,74H,4-6,13-15,22-24,30-31,36-37,42-47,49-73H2,1-3H3/b10-7-,11-8-,12-9-,19-16-,20-17-,21-18-,28-25-,29-26-,34-32-,35-33-,40-38-,41-39-,48-27-. The van der Waals surface area contributed by atoms with Gasteiger partial charge in [0.25, 0.3) is 0 Å². The Hall–Kier alpha value is -4.97. The van der Waals surface area contributed by atoms with Gasteiger partial charge in [-0.05, 0) is 141 Å². The molecule has 6 nitrogen and oxygen atoms in total. The molecule has 0 radical (unpaired) electrons. The number of hydrogen-bond donors (Lipinski definition) is 0. The zero-order valence-corrected chi connectivity index (χ0v) is 53.7. The number of unbranched alkanes of at least 4 members (excludes halogenated alkanes) is 23. The molecule has 0 aromatic rings. The van der Waals surface area contributed by atoms with Crippen LogP contribution in [0.5, 0.6) is 0 Å². The van der Waals surface area contributed by atoms with Crippen molar-refractivity contribution < 1.29 is 28.6 Å². The van der Waals surface area contributed by atoms with Crippen LogP contribution >= 0.6 is 0 Å². The molecule has 0 spiro atoms. The van der Waals surface area contributed by atoms with Crippen molar-refractivity contribution in [2.45, 2.75) is 297 Å². The van der Waals surface area contributed by atoms with E-state index >= 15 is 0 Å². The summed E-state index contributed by atoms with van der Waals surface area (Å²) in [6.45, 7) is 6.29. The van der Waals surface area contributed by atoms with E-state index in [1.165, 1.54) is 77.0 Å². The lowest BCUT2D eigenvalue weighted by Gasteiger charge is -2.18. The van der Waals surface area contributed by atoms with Gasteiger partial charge in [0.2, 0.25) is 0 Å². The van der Waals surface area contributed by atoms with E-state index in [1.807, 2.05) is 0 Å². The highest BCUT2D eigenvalue weighted by atomic mass is 16.6. The van der Waals surface area contributed by atoms with Gasteiger partial charge in [-0.3, -0.25) is 14.4 Å². The summed E-state index contributed by atoms with van der Waals surface area (Å²) >= 11 is 0. The number of allylic oxidation sites excluding steroid dienone is 26. The normalized spacial score (nSPS) is 13.1. The highest BCUT2D eigenvalue weighted by Crippen LogP contribution is 2.16. The van der Waals surface area contributed by atoms with Crippen molar-refractivity contribution in [2.75, 3.05) is 13.2 Å². The summed E-state index contributed by atoms with van der Waals surface area (Å²) < 4.78 is 17.0. The lowest BCUT2D eigenvalue weighted by Crippen LogP contribution is -2.30. The van der Waals surface area contributed by atoms with E-state index in [0.717, 1.165) is 173 Å². The van der Waals surface area contributed by atoms with Crippen LogP contribution in [0.3, 0.4) is 0 Å². The van der Waals surface area contributed by atoms with Gasteiger partial charge in [0, 0.05) is 19.3 Å². The second-order valence-electron chi connectivity index (χ2n) is 21.9. The molecule has 0 aliphatic carbocycles. The Morgan fingerprint density at radius 1 is 0.241 bits per heavy atom. The Balaban J connectivity index is 4.41. The third kappa shape index (κ3) is 67.7. The Morgan fingerprint density at radius 2 is 0.434 bits per heavy atom. The maximum absolute atomic E-state index is 13.0. The SMILES string of the molecule is CC/C=C\C/C=C\C/C=C\C/C=C\C/C=C\CCCCCCCCCCCC(=O)OCC(COC(=O)CCCCCCC/C=C\C/C=C\C/C=C\CC)OC(=O)CCCCCCCCCCC/C=C\C/C=C\C/C=C\C/C=C\C/C=C\CC. The van der Waals surface area contributed by atoms with Crippen LogP contribution in [0.1, 0.15) is 290 Å². The topological polar surface area (TPSA) is 78.9 Å². The van der Waals surface area contributed by atoms with Crippen molar-refractivity contribution >= 4 is 17.9 Å². The van der Waals surface area contributed by atoms with Gasteiger partial charge in [-0.1, -0.05) is 288 Å². The Morgan fingerprint density at radius 3 is 0.675 bits per heavy atom. The monoisotopic (exact) mass is 1140 g/mol. The van der Waals surface area contributed by atoms with E-state index < -0.39 is 6.10 Å². The Bertz CT molecular complexity index is 1840. The second kappa shape index (κ2) is 69.5. The fourth-order valence-electron chi connectivity index (χ4n) is 9.04. The first-order valence-corrected chi connectivity index (χ1v) is 34.0. The minimum Gasteiger partial charge on any atom is -0.462 e. The number of ether oxygens (including phenoxy) is 3. The number of hydrogen-bond acceptors (Lipinski definition) is 6. The van der Waals surface area contributed by atoms with Gasteiger partial charge >= 0.3 is 17.9 Å². The summed E-state index contributed by atoms with van der Waals surface area (Å²) in [6, 6.07) is 0. The van der Waals surface area contributed by atoms with Crippen LogP contribution < -0.4 is 0 Å². The summed E-state index contributed by atoms with van der Waals surface area (Å²) in [4.78, 5) is 38.4. The molecule has 1 unspecified atom stereocenters. The number of carbonyl (C=O) groups excluding carboxylic acids is 3. The molecule has 0 bridgehead atoms. The minimum absolute atomic E-state index is 0.0950. The average molecular weight is 1150 g/mol. The third-order valence-corrected chi connectivity index (χ3v) is 14.0. The lowest BCUT2D eigenvalue weighted by atomic mass is 10.1. The smallest absolute Gasteiger partial charge is 0.306 e. The van der Waals surface area contributed by atoms with Gasteiger partial charge < -0.3 is 14.2 Å². The van der Waals surface area contributed by atoms with Crippen LogP contribution in [-0.2, 0) is 28.6 Å². The minimum atomic E-state index is -0.801. The highest BCUT2D eigenvalue weighted by Gasteiger charge is 2.19. The quantitative estimate of drug-likeness (QED) is 0.0261. The summed E-state index contributed by atoms with van der Waals surface area (Å²) in [6.07, 6.45) is 101. The van der Waals surface area contributed by atoms with Crippen molar-refractivity contribution in [2.24, 2.45) is 0 Å². The molecule has 0 saturated carbocycles. The molecule has 0 amide bonds. The van der Waals surface area contributed by atoms with E-state index in [0.29, 0.717) is 19.3 Å². The fourth-order valence-corrected chi connectivity index (χ4v) is 9.04. The first-order chi connectivity index (χ1) is 41.0. The zero-order valence-electron chi connectivity index (χ0n) is 53.7. The maximum atomic E-state index is 13.0. The largest absolute Gasteiger partial charge is 0.462 e. The van der Waals surface area contributed by atoms with Crippen LogP contribution in [0.2, 0.25) is 0 Å². The van der Waals surface area contributed by atoms with Gasteiger partial charge in [-0.15, -0.1) is 0 Å². The van der Waals surface area contributed by atoms with E-state index in [4.69, 9.17) is 14.2 Å². The summed E-state index contributed by atoms with van der Waals surface area (Å²) in [5, 5.41) is 0. The molecular weight excluding hydrogens is 1020 g/mol. The summed E-state index contributed by atoms with van der Waals surface area (Å²) in [7, 11) is 0. The molecule has 0 aromatic heterocycles. The van der Waals surface area contributed by atoms with E-state index in [2.05, 4.69) is 179 Å². The van der Waals surface area contributed by atoms with Gasteiger partial charge in [0.15, 0.2) is 6.10 Å². The molecule has 83 heavy (non-hydrogen) atoms. The van der Waals surface area contributed by atoms with Crippen molar-refractivity contribution in [1.29, 1.82) is 0 Å². The molecule has 0 aliphatic heterocycles. The maximum Gasteiger partial charge on any atom is 0.306 e. The predicted octanol–water partition coefficient (Wildman–Crippen LogP) is 23.7. The molecule has 0 saturated heterocycles. The zero-order chi connectivity index (χ0) is 59.9. The molecule has 0 N–H and O–H groups in total. The van der Waals surface area contributed by atoms with E-state index in [1.54, 1.807) is 0 Å². The average Bonchev–Trinajstić information content (AvgIpc) is 3.49. The van der Waals surface area contributed by atoms with Gasteiger partial charge in [0.1, 0.15) is 13.2 Å². The molecule has 0 rings (SSSR count). The van der Waals surface area contributed by atoms with E-state index in [9.17, 15) is 14.4 Å². The fraction of sp³-hybridized carbons (Fsp3) is 0.623. The van der Waals surface area contributed by atoms with Gasteiger partial charge in [0.05, 0.1) is 0 Å². The summed E-state index contributed by atoms with van der Waals surface area (Å²) in [5.41, 5.74) is 0. The van der Waals surface area contributed by atoms with Crippen LogP contribution in [0, 0.1) is 0 Å². The second-order valence-corrected chi connectivity index (χ2v) is 21.9. The number of esters is 3. The van der Waals surface area contributed by atoms with Crippen molar-refractivity contribution in [3.8, 4) is 0 Å². The van der Waals surface area contributed by atoms with Gasteiger partial charge in [-0.25, -0.2) is 0 Å². The number of carbonyl (C=O) groups is 3. The Labute approximate surface area is 511 Å². The third-order valence-electron chi connectivity index (χ3n) is 14.0. The van der Waals surface area contributed by atoms with E-state index in [-0.39, 0.29) is 31.1 Å². The van der Waals surface area contributed by atoms with Crippen molar-refractivity contribution in [3.05, 3.63) is 158 Å². The van der Waals surface area contributed by atoms with Crippen molar-refractivity contribution in [3.63, 3.8) is 0 Å². The lowest BCUT2D eigenvalue weighted by molar-refractivity contribution is -0.167. The van der Waals surface area contributed by atoms with Gasteiger partial charge in [-0.2, -0.15) is 0 Å². The van der Waals surface area contributed by atoms with Crippen LogP contribution in [0.25, 0.3) is 0 Å². The molecule has 6 heteroatoms. The van der Waals surface area contributed by atoms with Crippen LogP contribution in [0.15, 0.2) is 158 Å². The predicted molar refractivity (Wildman–Crippen MR) is 362 cm³/mol. The molecule has 0 aliphatic rings. The molecule has 1 atom stereocenters. The van der Waals surface area contributed by atoms with Crippen molar-refractivity contribution in [1.82, 2.24) is 0 Å². The Kier molecular flexibility index (Phi) is 65.4. The van der Waals surface area contributed by atoms with Crippen LogP contribution in [-0.4, -0.2) is 37.2 Å². The number of rotatable bonds is 60. The molecule has 0 fully saturated rings. The van der Waals surface area contributed by atoms with Crippen LogP contribution in [0.4, 0.5) is 0 Å². The molecule has 468 valence electrons. The highest BCUT2D eigenvalue weighted by molar-refractivity contribution is 5.71.